The molecule has 0 aromatic carbocycles. The molecule has 0 unspecified atom stereocenters. The van der Waals surface area contributed by atoms with Crippen LogP contribution in [0.3, 0.4) is 0 Å². The number of rotatable bonds is 3. The molecule has 0 saturated carbocycles. The van der Waals surface area contributed by atoms with Gasteiger partial charge in [0.05, 0.1) is 6.61 Å². The summed E-state index contributed by atoms with van der Waals surface area (Å²) >= 11 is 0. The van der Waals surface area contributed by atoms with Crippen molar-refractivity contribution in [3.05, 3.63) is 23.7 Å². The Morgan fingerprint density at radius 1 is 1.43 bits per heavy atom. The maximum Gasteiger partial charge on any atom is 0.293 e. The van der Waals surface area contributed by atoms with Gasteiger partial charge in [-0.15, -0.1) is 0 Å². The number of aliphatic hydroxyl groups is 1. The van der Waals surface area contributed by atoms with Crippen LogP contribution in [0.5, 0.6) is 0 Å². The van der Waals surface area contributed by atoms with Crippen LogP contribution in [0.25, 0.3) is 11.7 Å². The lowest BCUT2D eigenvalue weighted by atomic mass is 10.4. The summed E-state index contributed by atoms with van der Waals surface area (Å²) in [5.74, 6) is 2.18. The Kier molecular flexibility index (Phi) is 2.32. The van der Waals surface area contributed by atoms with Crippen molar-refractivity contribution in [3.8, 4) is 11.7 Å². The molecule has 74 valence electrons. The third-order valence-electron chi connectivity index (χ3n) is 1.75. The molecule has 2 rings (SSSR count). The van der Waals surface area contributed by atoms with E-state index in [2.05, 4.69) is 10.1 Å². The lowest BCUT2D eigenvalue weighted by Gasteiger charge is -1.85. The fourth-order valence-electron chi connectivity index (χ4n) is 1.11. The maximum absolute atomic E-state index is 8.66. The van der Waals surface area contributed by atoms with E-state index < -0.39 is 0 Å². The van der Waals surface area contributed by atoms with Gasteiger partial charge in [0.25, 0.3) is 5.89 Å². The minimum Gasteiger partial charge on any atom is -0.456 e. The second kappa shape index (κ2) is 3.63. The van der Waals surface area contributed by atoms with E-state index >= 15 is 0 Å². The number of hydrogen-bond donors (Lipinski definition) is 1. The quantitative estimate of drug-likeness (QED) is 0.794. The van der Waals surface area contributed by atoms with Gasteiger partial charge in [-0.3, -0.25) is 0 Å². The van der Waals surface area contributed by atoms with Gasteiger partial charge in [-0.1, -0.05) is 5.16 Å². The normalized spacial score (nSPS) is 10.7. The molecule has 14 heavy (non-hydrogen) atoms. The summed E-state index contributed by atoms with van der Waals surface area (Å²) in [6.07, 6.45) is 0.392. The lowest BCUT2D eigenvalue weighted by Crippen LogP contribution is -1.92. The largest absolute Gasteiger partial charge is 0.456 e. The monoisotopic (exact) mass is 194 g/mol. The average molecular weight is 194 g/mol. The van der Waals surface area contributed by atoms with Gasteiger partial charge in [-0.2, -0.15) is 4.98 Å². The van der Waals surface area contributed by atoms with Gasteiger partial charge < -0.3 is 14.0 Å². The second-order valence-electron chi connectivity index (χ2n) is 2.90. The Morgan fingerprint density at radius 3 is 2.93 bits per heavy atom. The van der Waals surface area contributed by atoms with E-state index in [1.54, 1.807) is 6.07 Å². The Labute approximate surface area is 80.4 Å². The molecule has 5 heteroatoms. The van der Waals surface area contributed by atoms with Crippen LogP contribution in [0.15, 0.2) is 21.1 Å². The fourth-order valence-corrected chi connectivity index (χ4v) is 1.11. The molecular formula is C9H10N2O3. The highest BCUT2D eigenvalue weighted by Crippen LogP contribution is 2.19. The SMILES string of the molecule is Cc1ccc(-c2nc(CCO)no2)o1. The molecule has 0 aliphatic heterocycles. The zero-order valence-electron chi connectivity index (χ0n) is 7.73. The van der Waals surface area contributed by atoms with Crippen LogP contribution in [0.1, 0.15) is 11.6 Å². The first kappa shape index (κ1) is 8.96. The second-order valence-corrected chi connectivity index (χ2v) is 2.90. The van der Waals surface area contributed by atoms with E-state index in [-0.39, 0.29) is 6.61 Å². The van der Waals surface area contributed by atoms with Crippen LogP contribution in [0.4, 0.5) is 0 Å². The highest BCUT2D eigenvalue weighted by Gasteiger charge is 2.11. The van der Waals surface area contributed by atoms with Gasteiger partial charge in [0, 0.05) is 6.42 Å². The first-order valence-corrected chi connectivity index (χ1v) is 4.30. The molecular weight excluding hydrogens is 184 g/mol. The zero-order valence-corrected chi connectivity index (χ0v) is 7.73. The first-order valence-electron chi connectivity index (χ1n) is 4.30. The van der Waals surface area contributed by atoms with Crippen molar-refractivity contribution >= 4 is 0 Å². The fraction of sp³-hybridized carbons (Fsp3) is 0.333. The minimum absolute atomic E-state index is 0.0101. The molecule has 1 N–H and O–H groups in total. The highest BCUT2D eigenvalue weighted by atomic mass is 16.5. The van der Waals surface area contributed by atoms with Crippen LogP contribution in [-0.2, 0) is 6.42 Å². The number of furan rings is 1. The predicted octanol–water partition coefficient (Wildman–Crippen LogP) is 1.17. The number of aryl methyl sites for hydroxylation is 1. The topological polar surface area (TPSA) is 72.3 Å². The number of hydrogen-bond acceptors (Lipinski definition) is 5. The molecule has 0 aliphatic rings. The van der Waals surface area contributed by atoms with Crippen LogP contribution in [0.2, 0.25) is 0 Å². The summed E-state index contributed by atoms with van der Waals surface area (Å²) in [6.45, 7) is 1.85. The van der Waals surface area contributed by atoms with Crippen molar-refractivity contribution in [2.45, 2.75) is 13.3 Å². The van der Waals surface area contributed by atoms with E-state index in [4.69, 9.17) is 14.0 Å². The molecule has 2 aromatic heterocycles. The van der Waals surface area contributed by atoms with Gasteiger partial charge in [0.2, 0.25) is 0 Å². The molecule has 0 radical (unpaired) electrons. The first-order chi connectivity index (χ1) is 6.79. The summed E-state index contributed by atoms with van der Waals surface area (Å²) in [7, 11) is 0. The van der Waals surface area contributed by atoms with Crippen molar-refractivity contribution in [1.29, 1.82) is 0 Å². The van der Waals surface area contributed by atoms with Gasteiger partial charge in [0.15, 0.2) is 11.6 Å². The summed E-state index contributed by atoms with van der Waals surface area (Å²) in [5.41, 5.74) is 0. The molecule has 2 aromatic rings. The van der Waals surface area contributed by atoms with E-state index in [1.807, 2.05) is 13.0 Å². The van der Waals surface area contributed by atoms with E-state index in [0.717, 1.165) is 5.76 Å². The van der Waals surface area contributed by atoms with Crippen molar-refractivity contribution in [2.24, 2.45) is 0 Å². The molecule has 5 nitrogen and oxygen atoms in total. The number of nitrogens with zero attached hydrogens (tertiary/aromatic N) is 2. The highest BCUT2D eigenvalue weighted by molar-refractivity contribution is 5.43. The van der Waals surface area contributed by atoms with E-state index in [0.29, 0.717) is 23.9 Å². The van der Waals surface area contributed by atoms with Gasteiger partial charge in [-0.25, -0.2) is 0 Å². The Morgan fingerprint density at radius 2 is 2.29 bits per heavy atom. The molecule has 0 saturated heterocycles. The summed E-state index contributed by atoms with van der Waals surface area (Å²) in [5, 5.41) is 12.3. The van der Waals surface area contributed by atoms with Crippen LogP contribution in [0, 0.1) is 6.92 Å². The molecule has 0 amide bonds. The van der Waals surface area contributed by atoms with Crippen molar-refractivity contribution in [2.75, 3.05) is 6.61 Å². The van der Waals surface area contributed by atoms with Crippen molar-refractivity contribution < 1.29 is 14.0 Å². The lowest BCUT2D eigenvalue weighted by molar-refractivity contribution is 0.293. The maximum atomic E-state index is 8.66. The zero-order chi connectivity index (χ0) is 9.97. The third kappa shape index (κ3) is 1.67. The van der Waals surface area contributed by atoms with Crippen molar-refractivity contribution in [3.63, 3.8) is 0 Å². The van der Waals surface area contributed by atoms with Gasteiger partial charge >= 0.3 is 0 Å². The van der Waals surface area contributed by atoms with E-state index in [1.165, 1.54) is 0 Å². The molecule has 0 aliphatic carbocycles. The summed E-state index contributed by atoms with van der Waals surface area (Å²) < 4.78 is 10.3. The molecule has 0 spiro atoms. The minimum atomic E-state index is 0.0101. The Bertz CT molecular complexity index is 419. The Balaban J connectivity index is 2.24. The Hall–Kier alpha value is -1.62. The van der Waals surface area contributed by atoms with Gasteiger partial charge in [-0.05, 0) is 19.1 Å². The molecule has 2 heterocycles. The van der Waals surface area contributed by atoms with Crippen LogP contribution < -0.4 is 0 Å². The average Bonchev–Trinajstić information content (AvgIpc) is 2.74. The molecule has 0 atom stereocenters. The van der Waals surface area contributed by atoms with Crippen molar-refractivity contribution in [1.82, 2.24) is 10.1 Å². The molecule has 0 bridgehead atoms. The van der Waals surface area contributed by atoms with Crippen LogP contribution in [-0.4, -0.2) is 21.9 Å². The smallest absolute Gasteiger partial charge is 0.293 e. The molecule has 0 fully saturated rings. The predicted molar refractivity (Wildman–Crippen MR) is 47.5 cm³/mol. The standard InChI is InChI=1S/C9H10N2O3/c1-6-2-3-7(13-6)9-10-8(4-5-12)11-14-9/h2-3,12H,4-5H2,1H3. The van der Waals surface area contributed by atoms with Crippen LogP contribution >= 0.6 is 0 Å². The third-order valence-corrected chi connectivity index (χ3v) is 1.75. The van der Waals surface area contributed by atoms with Gasteiger partial charge in [0.1, 0.15) is 5.76 Å². The summed E-state index contributed by atoms with van der Waals surface area (Å²) in [6, 6.07) is 3.59. The number of aliphatic hydroxyl groups excluding tert-OH is 1. The number of aromatic nitrogens is 2. The van der Waals surface area contributed by atoms with E-state index in [9.17, 15) is 0 Å². The summed E-state index contributed by atoms with van der Waals surface area (Å²) in [4.78, 5) is 4.05.